The van der Waals surface area contributed by atoms with Crippen molar-refractivity contribution in [3.63, 3.8) is 0 Å². The predicted octanol–water partition coefficient (Wildman–Crippen LogP) is 4.10. The predicted molar refractivity (Wildman–Crippen MR) is 131 cm³/mol. The standard InChI is InChI=1S/C25H25F3N4O4S/c26-25(27,28)36-21-15-19(24(33)32-13-11-31(12-14-32)16-17-6-7-17)8-9-20(21)30-37(34,35)22-5-1-3-18-4-2-10-29-23(18)22/h1-5,8-10,15,17,30H,6-7,11-14,16H2. The molecule has 196 valence electrons. The number of piperazine rings is 1. The van der Waals surface area contributed by atoms with Gasteiger partial charge in [0.25, 0.3) is 15.9 Å². The van der Waals surface area contributed by atoms with E-state index in [1.807, 2.05) is 0 Å². The second-order valence-corrected chi connectivity index (χ2v) is 10.9. The number of ether oxygens (including phenoxy) is 1. The number of amides is 1. The van der Waals surface area contributed by atoms with Crippen molar-refractivity contribution >= 4 is 32.5 Å². The molecule has 1 aliphatic heterocycles. The van der Waals surface area contributed by atoms with Crippen LogP contribution in [0, 0.1) is 5.92 Å². The van der Waals surface area contributed by atoms with Gasteiger partial charge in [-0.3, -0.25) is 19.4 Å². The average molecular weight is 535 g/mol. The molecule has 1 saturated heterocycles. The fourth-order valence-corrected chi connectivity index (χ4v) is 5.67. The molecule has 1 amide bonds. The summed E-state index contributed by atoms with van der Waals surface area (Å²) in [6, 6.07) is 11.1. The summed E-state index contributed by atoms with van der Waals surface area (Å²) >= 11 is 0. The fourth-order valence-electron chi connectivity index (χ4n) is 4.42. The van der Waals surface area contributed by atoms with Gasteiger partial charge in [0.15, 0.2) is 5.75 Å². The third-order valence-corrected chi connectivity index (χ3v) is 7.85. The quantitative estimate of drug-likeness (QED) is 0.491. The van der Waals surface area contributed by atoms with E-state index < -0.39 is 33.7 Å². The topological polar surface area (TPSA) is 91.8 Å². The number of hydrogen-bond acceptors (Lipinski definition) is 6. The largest absolute Gasteiger partial charge is 0.573 e. The lowest BCUT2D eigenvalue weighted by molar-refractivity contribution is -0.274. The number of aromatic nitrogens is 1. The minimum Gasteiger partial charge on any atom is -0.404 e. The van der Waals surface area contributed by atoms with Gasteiger partial charge in [0.05, 0.1) is 11.2 Å². The van der Waals surface area contributed by atoms with E-state index in [9.17, 15) is 26.4 Å². The van der Waals surface area contributed by atoms with Crippen LogP contribution in [0.2, 0.25) is 0 Å². The molecule has 1 saturated carbocycles. The average Bonchev–Trinajstić information content (AvgIpc) is 3.68. The number of benzene rings is 2. The summed E-state index contributed by atoms with van der Waals surface area (Å²) in [5.74, 6) is -0.529. The molecule has 0 spiro atoms. The lowest BCUT2D eigenvalue weighted by Gasteiger charge is -2.35. The summed E-state index contributed by atoms with van der Waals surface area (Å²) in [4.78, 5) is 20.8. The van der Waals surface area contributed by atoms with E-state index in [-0.39, 0.29) is 16.0 Å². The molecule has 1 aliphatic carbocycles. The Labute approximate surface area is 212 Å². The minimum absolute atomic E-state index is 0.0235. The molecule has 0 radical (unpaired) electrons. The molecule has 0 unspecified atom stereocenters. The molecule has 8 nitrogen and oxygen atoms in total. The highest BCUT2D eigenvalue weighted by Gasteiger charge is 2.34. The Morgan fingerprint density at radius 2 is 1.78 bits per heavy atom. The number of rotatable bonds is 7. The second kappa shape index (κ2) is 9.82. The summed E-state index contributed by atoms with van der Waals surface area (Å²) in [7, 11) is -4.34. The van der Waals surface area contributed by atoms with E-state index in [1.165, 1.54) is 37.2 Å². The van der Waals surface area contributed by atoms with Gasteiger partial charge in [0.1, 0.15) is 4.90 Å². The van der Waals surface area contributed by atoms with Crippen molar-refractivity contribution in [3.8, 4) is 5.75 Å². The fraction of sp³-hybridized carbons (Fsp3) is 0.360. The SMILES string of the molecule is O=C(c1ccc(NS(=O)(=O)c2cccc3cccnc23)c(OC(F)(F)F)c1)N1CCN(CC2CC2)CC1. The highest BCUT2D eigenvalue weighted by Crippen LogP contribution is 2.34. The Balaban J connectivity index is 1.39. The van der Waals surface area contributed by atoms with Crippen LogP contribution >= 0.6 is 0 Å². The van der Waals surface area contributed by atoms with Crippen LogP contribution in [0.25, 0.3) is 10.9 Å². The molecular weight excluding hydrogens is 509 g/mol. The van der Waals surface area contributed by atoms with E-state index in [0.717, 1.165) is 24.6 Å². The van der Waals surface area contributed by atoms with E-state index >= 15 is 0 Å². The smallest absolute Gasteiger partial charge is 0.404 e. The molecule has 1 N–H and O–H groups in total. The number of anilines is 1. The van der Waals surface area contributed by atoms with Crippen molar-refractivity contribution < 1.29 is 31.1 Å². The number of hydrogen-bond donors (Lipinski definition) is 1. The maximum Gasteiger partial charge on any atom is 0.573 e. The monoisotopic (exact) mass is 534 g/mol. The Morgan fingerprint density at radius 1 is 1.05 bits per heavy atom. The lowest BCUT2D eigenvalue weighted by atomic mass is 10.1. The number of para-hydroxylation sites is 1. The molecule has 3 aromatic rings. The van der Waals surface area contributed by atoms with Crippen molar-refractivity contribution in [1.29, 1.82) is 0 Å². The van der Waals surface area contributed by atoms with Crippen LogP contribution in [0.3, 0.4) is 0 Å². The van der Waals surface area contributed by atoms with Crippen molar-refractivity contribution in [3.05, 3.63) is 60.3 Å². The minimum atomic E-state index is -5.10. The third kappa shape index (κ3) is 5.96. The number of nitrogens with one attached hydrogen (secondary N) is 1. The number of halogens is 3. The number of pyridine rings is 1. The summed E-state index contributed by atoms with van der Waals surface area (Å²) in [6.45, 7) is 3.33. The Bertz CT molecular complexity index is 1410. The van der Waals surface area contributed by atoms with Gasteiger partial charge in [0.2, 0.25) is 0 Å². The summed E-state index contributed by atoms with van der Waals surface area (Å²) in [5.41, 5.74) is -0.302. The van der Waals surface area contributed by atoms with Gasteiger partial charge in [-0.05, 0) is 49.1 Å². The molecule has 1 aromatic heterocycles. The Hall–Kier alpha value is -3.38. The first-order valence-electron chi connectivity index (χ1n) is 11.9. The van der Waals surface area contributed by atoms with Crippen LogP contribution in [0.1, 0.15) is 23.2 Å². The zero-order chi connectivity index (χ0) is 26.2. The van der Waals surface area contributed by atoms with E-state index in [1.54, 1.807) is 23.1 Å². The molecule has 2 aromatic carbocycles. The third-order valence-electron chi connectivity index (χ3n) is 6.46. The normalized spacial score (nSPS) is 17.1. The number of sulfonamides is 1. The zero-order valence-corrected chi connectivity index (χ0v) is 20.6. The summed E-state index contributed by atoms with van der Waals surface area (Å²) in [5, 5.41) is 0.551. The first-order chi connectivity index (χ1) is 17.6. The maximum atomic E-state index is 13.2. The second-order valence-electron chi connectivity index (χ2n) is 9.23. The molecule has 5 rings (SSSR count). The summed E-state index contributed by atoms with van der Waals surface area (Å²) < 4.78 is 72.2. The number of carbonyl (C=O) groups excluding carboxylic acids is 1. The van der Waals surface area contributed by atoms with Crippen LogP contribution in [0.15, 0.2) is 59.6 Å². The molecule has 12 heteroatoms. The van der Waals surface area contributed by atoms with Crippen LogP contribution in [-0.2, 0) is 10.0 Å². The lowest BCUT2D eigenvalue weighted by Crippen LogP contribution is -2.49. The summed E-state index contributed by atoms with van der Waals surface area (Å²) in [6.07, 6.45) is -1.22. The van der Waals surface area contributed by atoms with Gasteiger partial charge in [0, 0.05) is 49.9 Å². The number of nitrogens with zero attached hydrogens (tertiary/aromatic N) is 3. The first-order valence-corrected chi connectivity index (χ1v) is 13.4. The van der Waals surface area contributed by atoms with Crippen LogP contribution in [0.5, 0.6) is 5.75 Å². The molecule has 37 heavy (non-hydrogen) atoms. The molecule has 0 bridgehead atoms. The van der Waals surface area contributed by atoms with E-state index in [4.69, 9.17) is 0 Å². The molecular formula is C25H25F3N4O4S. The van der Waals surface area contributed by atoms with Gasteiger partial charge < -0.3 is 9.64 Å². The molecule has 0 atom stereocenters. The molecule has 2 heterocycles. The molecule has 2 fully saturated rings. The van der Waals surface area contributed by atoms with Gasteiger partial charge in [-0.25, -0.2) is 8.42 Å². The van der Waals surface area contributed by atoms with Gasteiger partial charge in [-0.1, -0.05) is 18.2 Å². The molecule has 2 aliphatic rings. The van der Waals surface area contributed by atoms with Gasteiger partial charge >= 0.3 is 6.36 Å². The number of alkyl halides is 3. The number of carbonyl (C=O) groups is 1. The van der Waals surface area contributed by atoms with Crippen LogP contribution < -0.4 is 9.46 Å². The Morgan fingerprint density at radius 3 is 2.49 bits per heavy atom. The number of fused-ring (bicyclic) bond motifs is 1. The van der Waals surface area contributed by atoms with Crippen molar-refractivity contribution in [2.45, 2.75) is 24.1 Å². The van der Waals surface area contributed by atoms with Crippen molar-refractivity contribution in [2.75, 3.05) is 37.4 Å². The van der Waals surface area contributed by atoms with Crippen molar-refractivity contribution in [1.82, 2.24) is 14.8 Å². The van der Waals surface area contributed by atoms with Crippen LogP contribution in [0.4, 0.5) is 18.9 Å². The van der Waals surface area contributed by atoms with Crippen LogP contribution in [-0.4, -0.2) is 68.2 Å². The van der Waals surface area contributed by atoms with Gasteiger partial charge in [-0.2, -0.15) is 0 Å². The zero-order valence-electron chi connectivity index (χ0n) is 19.7. The highest BCUT2D eigenvalue weighted by molar-refractivity contribution is 7.93. The van der Waals surface area contributed by atoms with E-state index in [2.05, 4.69) is 19.3 Å². The maximum absolute atomic E-state index is 13.2. The Kier molecular flexibility index (Phi) is 6.71. The first kappa shape index (κ1) is 25.3. The van der Waals surface area contributed by atoms with E-state index in [0.29, 0.717) is 31.6 Å². The highest BCUT2D eigenvalue weighted by atomic mass is 32.2. The van der Waals surface area contributed by atoms with Crippen molar-refractivity contribution in [2.24, 2.45) is 5.92 Å². The van der Waals surface area contributed by atoms with Gasteiger partial charge in [-0.15, -0.1) is 13.2 Å².